The number of rotatable bonds is 4. The number of carbonyl (C=O) groups excluding carboxylic acids is 1. The number of amides is 1. The molecule has 0 saturated carbocycles. The molecular formula is C25H27N3O. The van der Waals surface area contributed by atoms with Gasteiger partial charge in [0.15, 0.2) is 0 Å². The number of hydrogen-bond donors (Lipinski definition) is 1. The van der Waals surface area contributed by atoms with Crippen LogP contribution >= 0.6 is 0 Å². The van der Waals surface area contributed by atoms with E-state index in [0.717, 1.165) is 26.1 Å². The summed E-state index contributed by atoms with van der Waals surface area (Å²) in [5, 5.41) is 1.33. The predicted molar refractivity (Wildman–Crippen MR) is 117 cm³/mol. The highest BCUT2D eigenvalue weighted by atomic mass is 16.2. The van der Waals surface area contributed by atoms with Crippen molar-refractivity contribution in [2.45, 2.75) is 25.9 Å². The molecule has 2 unspecified atom stereocenters. The van der Waals surface area contributed by atoms with Crippen LogP contribution in [0.3, 0.4) is 0 Å². The molecule has 5 rings (SSSR count). The number of benzene rings is 2. The lowest BCUT2D eigenvalue weighted by atomic mass is 9.79. The van der Waals surface area contributed by atoms with Crippen LogP contribution in [0.25, 0.3) is 16.5 Å². The molecule has 4 heteroatoms. The standard InChI is InChI=1S/C25H27N3O/c1-3-27(2)25(29)19-12-21-20-10-7-11-22-24(20)18(14-26-22)13-23(21)28(16-19)15-17-8-5-4-6-9-17/h4-12,14,19,23,26H,3,13,15-16H2,1-2H3. The smallest absolute Gasteiger partial charge is 0.230 e. The fraction of sp³-hybridized carbons (Fsp3) is 0.320. The molecule has 0 spiro atoms. The van der Waals surface area contributed by atoms with Crippen molar-refractivity contribution in [2.24, 2.45) is 5.92 Å². The Morgan fingerprint density at radius 3 is 2.79 bits per heavy atom. The third-order valence-corrected chi connectivity index (χ3v) is 6.52. The second-order valence-corrected chi connectivity index (χ2v) is 8.26. The van der Waals surface area contributed by atoms with Crippen LogP contribution in [0.5, 0.6) is 0 Å². The monoisotopic (exact) mass is 385 g/mol. The van der Waals surface area contributed by atoms with Gasteiger partial charge in [0.1, 0.15) is 0 Å². The average Bonchev–Trinajstić information content (AvgIpc) is 3.18. The number of aromatic amines is 1. The summed E-state index contributed by atoms with van der Waals surface area (Å²) in [4.78, 5) is 20.9. The molecule has 1 aliphatic carbocycles. The van der Waals surface area contributed by atoms with E-state index in [-0.39, 0.29) is 11.8 Å². The van der Waals surface area contributed by atoms with Gasteiger partial charge in [-0.05, 0) is 41.7 Å². The highest BCUT2D eigenvalue weighted by molar-refractivity contribution is 5.99. The van der Waals surface area contributed by atoms with Crippen LogP contribution < -0.4 is 0 Å². The van der Waals surface area contributed by atoms with E-state index >= 15 is 0 Å². The molecule has 1 amide bonds. The summed E-state index contributed by atoms with van der Waals surface area (Å²) in [5.41, 5.74) is 6.45. The molecule has 29 heavy (non-hydrogen) atoms. The third-order valence-electron chi connectivity index (χ3n) is 6.52. The lowest BCUT2D eigenvalue weighted by Gasteiger charge is -2.42. The van der Waals surface area contributed by atoms with Crippen LogP contribution in [-0.2, 0) is 17.8 Å². The first-order valence-electron chi connectivity index (χ1n) is 10.5. The maximum Gasteiger partial charge on any atom is 0.230 e. The first-order valence-corrected chi connectivity index (χ1v) is 10.5. The predicted octanol–water partition coefficient (Wildman–Crippen LogP) is 4.09. The Labute approximate surface area is 171 Å². The molecule has 0 fully saturated rings. The van der Waals surface area contributed by atoms with Crippen LogP contribution in [0.4, 0.5) is 0 Å². The third kappa shape index (κ3) is 3.08. The van der Waals surface area contributed by atoms with Crippen molar-refractivity contribution in [1.82, 2.24) is 14.8 Å². The van der Waals surface area contributed by atoms with Gasteiger partial charge in [-0.2, -0.15) is 0 Å². The molecule has 4 nitrogen and oxygen atoms in total. The topological polar surface area (TPSA) is 39.3 Å². The largest absolute Gasteiger partial charge is 0.361 e. The van der Waals surface area contributed by atoms with Crippen LogP contribution in [0, 0.1) is 5.92 Å². The number of aromatic nitrogens is 1. The van der Waals surface area contributed by atoms with Gasteiger partial charge < -0.3 is 9.88 Å². The van der Waals surface area contributed by atoms with Gasteiger partial charge in [-0.1, -0.05) is 48.5 Å². The molecule has 2 heterocycles. The molecular weight excluding hydrogens is 358 g/mol. The second kappa shape index (κ2) is 7.20. The summed E-state index contributed by atoms with van der Waals surface area (Å²) in [5.74, 6) is 0.106. The van der Waals surface area contributed by atoms with Gasteiger partial charge in [0.05, 0.1) is 5.92 Å². The Bertz CT molecular complexity index is 1080. The minimum atomic E-state index is -0.106. The molecule has 1 N–H and O–H groups in total. The van der Waals surface area contributed by atoms with E-state index in [2.05, 4.69) is 70.7 Å². The summed E-state index contributed by atoms with van der Waals surface area (Å²) in [6.45, 7) is 4.39. The molecule has 1 aliphatic heterocycles. The summed E-state index contributed by atoms with van der Waals surface area (Å²) < 4.78 is 0. The zero-order valence-corrected chi connectivity index (χ0v) is 17.1. The van der Waals surface area contributed by atoms with Crippen molar-refractivity contribution in [3.63, 3.8) is 0 Å². The second-order valence-electron chi connectivity index (χ2n) is 8.26. The molecule has 3 aromatic rings. The van der Waals surface area contributed by atoms with Gasteiger partial charge in [-0.25, -0.2) is 0 Å². The Balaban J connectivity index is 1.59. The van der Waals surface area contributed by atoms with Gasteiger partial charge in [0.2, 0.25) is 5.91 Å². The number of carbonyl (C=O) groups is 1. The molecule has 2 atom stereocenters. The summed E-state index contributed by atoms with van der Waals surface area (Å²) in [6, 6.07) is 17.4. The quantitative estimate of drug-likeness (QED) is 0.735. The maximum absolute atomic E-state index is 13.1. The molecule has 0 radical (unpaired) electrons. The highest BCUT2D eigenvalue weighted by Gasteiger charge is 2.37. The molecule has 2 aromatic carbocycles. The minimum absolute atomic E-state index is 0.106. The van der Waals surface area contributed by atoms with Crippen molar-refractivity contribution in [2.75, 3.05) is 20.1 Å². The first kappa shape index (κ1) is 18.2. The molecule has 2 aliphatic rings. The Hall–Kier alpha value is -2.85. The van der Waals surface area contributed by atoms with E-state index in [1.165, 1.54) is 33.2 Å². The van der Waals surface area contributed by atoms with Gasteiger partial charge in [0.25, 0.3) is 0 Å². The first-order chi connectivity index (χ1) is 14.2. The number of fused-ring (bicyclic) bond motifs is 2. The average molecular weight is 386 g/mol. The van der Waals surface area contributed by atoms with Crippen molar-refractivity contribution < 1.29 is 4.79 Å². The van der Waals surface area contributed by atoms with E-state index in [1.54, 1.807) is 0 Å². The Kier molecular flexibility index (Phi) is 4.51. The molecule has 148 valence electrons. The van der Waals surface area contributed by atoms with E-state index in [0.29, 0.717) is 6.04 Å². The van der Waals surface area contributed by atoms with Crippen molar-refractivity contribution in [3.8, 4) is 0 Å². The maximum atomic E-state index is 13.1. The Morgan fingerprint density at radius 2 is 2.00 bits per heavy atom. The van der Waals surface area contributed by atoms with Crippen LogP contribution in [-0.4, -0.2) is 46.9 Å². The zero-order chi connectivity index (χ0) is 20.0. The number of nitrogens with zero attached hydrogens (tertiary/aromatic N) is 2. The van der Waals surface area contributed by atoms with Crippen molar-refractivity contribution in [1.29, 1.82) is 0 Å². The zero-order valence-electron chi connectivity index (χ0n) is 17.1. The van der Waals surface area contributed by atoms with Gasteiger partial charge in [-0.15, -0.1) is 0 Å². The number of H-pyrrole nitrogens is 1. The Morgan fingerprint density at radius 1 is 1.17 bits per heavy atom. The van der Waals surface area contributed by atoms with E-state index in [1.807, 2.05) is 18.9 Å². The highest BCUT2D eigenvalue weighted by Crippen LogP contribution is 2.41. The normalized spacial score (nSPS) is 21.0. The van der Waals surface area contributed by atoms with E-state index in [4.69, 9.17) is 0 Å². The molecule has 0 saturated heterocycles. The molecule has 1 aromatic heterocycles. The van der Waals surface area contributed by atoms with E-state index in [9.17, 15) is 4.79 Å². The van der Waals surface area contributed by atoms with Gasteiger partial charge in [-0.3, -0.25) is 9.69 Å². The molecule has 0 bridgehead atoms. The fourth-order valence-corrected chi connectivity index (χ4v) is 4.91. The summed E-state index contributed by atoms with van der Waals surface area (Å²) in [6.07, 6.45) is 5.40. The van der Waals surface area contributed by atoms with Gasteiger partial charge >= 0.3 is 0 Å². The van der Waals surface area contributed by atoms with E-state index < -0.39 is 0 Å². The fourth-order valence-electron chi connectivity index (χ4n) is 4.91. The van der Waals surface area contributed by atoms with Crippen LogP contribution in [0.2, 0.25) is 0 Å². The van der Waals surface area contributed by atoms with Crippen LogP contribution in [0.1, 0.15) is 23.6 Å². The SMILES string of the molecule is CCN(C)C(=O)C1C=C2c3cccc4[nH]cc(c34)CC2N(Cc2ccccc2)C1. The number of hydrogen-bond acceptors (Lipinski definition) is 2. The van der Waals surface area contributed by atoms with Crippen molar-refractivity contribution >= 4 is 22.4 Å². The minimum Gasteiger partial charge on any atom is -0.361 e. The van der Waals surface area contributed by atoms with Crippen molar-refractivity contribution in [3.05, 3.63) is 77.5 Å². The number of nitrogens with one attached hydrogen (secondary N) is 1. The summed E-state index contributed by atoms with van der Waals surface area (Å²) >= 11 is 0. The van der Waals surface area contributed by atoms with Gasteiger partial charge in [0, 0.05) is 49.8 Å². The van der Waals surface area contributed by atoms with Crippen LogP contribution in [0.15, 0.2) is 60.8 Å². The lowest BCUT2D eigenvalue weighted by Crippen LogP contribution is -2.48. The lowest BCUT2D eigenvalue weighted by molar-refractivity contribution is -0.133. The summed E-state index contributed by atoms with van der Waals surface area (Å²) in [7, 11) is 1.90.